The zero-order chi connectivity index (χ0) is 10.8. The SMILES string of the molecule is O=[N+]([O-])[Pt-2]([N+](=O)[O-])([N+](=O)[O-])[N+](=O)[O-].[Na+].[Na+]. The Morgan fingerprint density at radius 3 is 0.733 bits per heavy atom. The molecule has 0 amide bonds. The third kappa shape index (κ3) is 3.66. The number of rotatable bonds is 4. The average molecular weight is 425 g/mol. The van der Waals surface area contributed by atoms with E-state index in [-0.39, 0.29) is 59.1 Å². The van der Waals surface area contributed by atoms with Crippen LogP contribution in [-0.4, -0.2) is 13.9 Å². The van der Waals surface area contributed by atoms with Gasteiger partial charge in [0, 0.05) is 0 Å². The second kappa shape index (κ2) is 7.54. The number of nitrogens with zero attached hydrogens (tertiary/aromatic N) is 4. The minimum absolute atomic E-state index is 0. The van der Waals surface area contributed by atoms with Crippen LogP contribution < -0.4 is 59.1 Å². The van der Waals surface area contributed by atoms with Crippen LogP contribution in [0, 0.1) is 40.5 Å². The van der Waals surface area contributed by atoms with Crippen molar-refractivity contribution in [2.75, 3.05) is 0 Å². The van der Waals surface area contributed by atoms with Gasteiger partial charge in [-0.1, -0.05) is 0 Å². The zero-order valence-corrected chi connectivity index (χ0v) is 13.6. The molecule has 12 nitrogen and oxygen atoms in total. The largest absolute Gasteiger partial charge is 1.00 e. The smallest absolute Gasteiger partial charge is 1.00 e. The molecule has 0 aliphatic rings. The first-order valence-corrected chi connectivity index (χ1v) is 6.09. The van der Waals surface area contributed by atoms with Crippen molar-refractivity contribution in [1.29, 1.82) is 0 Å². The molecule has 0 radical (unpaired) electrons. The van der Waals surface area contributed by atoms with Crippen molar-refractivity contribution in [3.05, 3.63) is 40.5 Å². The standard InChI is InChI=1S/4NO2.2Na.Pt/c4*2-1-3;;;/q;;;;2*+1;-2. The van der Waals surface area contributed by atoms with E-state index in [1.54, 1.807) is 0 Å². The van der Waals surface area contributed by atoms with Crippen LogP contribution in [0.15, 0.2) is 0 Å². The summed E-state index contributed by atoms with van der Waals surface area (Å²) < 4.78 is -8.03. The molecule has 0 heterocycles. The Hall–Kier alpha value is 0.288. The summed E-state index contributed by atoms with van der Waals surface area (Å²) in [5, 5.41) is 39.6. The van der Waals surface area contributed by atoms with E-state index < -0.39 is 31.0 Å². The van der Waals surface area contributed by atoms with Crippen molar-refractivity contribution in [2.45, 2.75) is 0 Å². The molecule has 0 saturated carbocycles. The Bertz CT molecular complexity index is 240. The summed E-state index contributed by atoms with van der Waals surface area (Å²) in [7, 11) is 0. The molecule has 0 fully saturated rings. The van der Waals surface area contributed by atoms with Crippen LogP contribution in [-0.2, 0) is 17.1 Å². The second-order valence-electron chi connectivity index (χ2n) is 1.14. The van der Waals surface area contributed by atoms with E-state index in [0.29, 0.717) is 0 Å². The molecule has 0 saturated heterocycles. The van der Waals surface area contributed by atoms with Crippen LogP contribution in [0.5, 0.6) is 0 Å². The quantitative estimate of drug-likeness (QED) is 0.243. The summed E-state index contributed by atoms with van der Waals surface area (Å²) in [6.07, 6.45) is 0. The first-order valence-electron chi connectivity index (χ1n) is 2.03. The van der Waals surface area contributed by atoms with Crippen molar-refractivity contribution in [1.82, 2.24) is 0 Å². The van der Waals surface area contributed by atoms with Gasteiger partial charge in [0.1, 0.15) is 0 Å². The van der Waals surface area contributed by atoms with E-state index in [9.17, 15) is 40.5 Å². The molecule has 0 aliphatic heterocycles. The molecule has 80 valence electrons. The molecular formula is N4Na2O8Pt. The predicted octanol–water partition coefficient (Wildman–Crippen LogP) is -7.08. The molecule has 0 aromatic heterocycles. The zero-order valence-electron chi connectivity index (χ0n) is 7.37. The Morgan fingerprint density at radius 1 is 0.600 bits per heavy atom. The van der Waals surface area contributed by atoms with E-state index in [2.05, 4.69) is 0 Å². The fourth-order valence-electron chi connectivity index (χ4n) is 0.253. The number of hydrogen-bond acceptors (Lipinski definition) is 8. The summed E-state index contributed by atoms with van der Waals surface area (Å²) in [6, 6.07) is 0. The molecule has 0 atom stereocenters. The van der Waals surface area contributed by atoms with Crippen LogP contribution in [0.25, 0.3) is 0 Å². The summed E-state index contributed by atoms with van der Waals surface area (Å²) in [6.45, 7) is 0. The predicted molar refractivity (Wildman–Crippen MR) is 28.0 cm³/mol. The van der Waals surface area contributed by atoms with Gasteiger partial charge in [0.15, 0.2) is 0 Å². The van der Waals surface area contributed by atoms with E-state index in [1.807, 2.05) is 0 Å². The Morgan fingerprint density at radius 2 is 0.733 bits per heavy atom. The number of nitro groups is 4. The minimum Gasteiger partial charge on any atom is 1.00 e. The van der Waals surface area contributed by atoms with Crippen LogP contribution in [0.1, 0.15) is 0 Å². The molecule has 0 bridgehead atoms. The van der Waals surface area contributed by atoms with Crippen molar-refractivity contribution < 1.29 is 90.1 Å². The Kier molecular flexibility index (Phi) is 10.4. The fourth-order valence-corrected chi connectivity index (χ4v) is 2.07. The van der Waals surface area contributed by atoms with Crippen molar-refractivity contribution in [2.24, 2.45) is 0 Å². The maximum Gasteiger partial charge on any atom is 1.00 e. The molecule has 0 aromatic rings. The maximum absolute atomic E-state index is 9.91. The van der Waals surface area contributed by atoms with Gasteiger partial charge in [0.25, 0.3) is 0 Å². The van der Waals surface area contributed by atoms with E-state index in [4.69, 9.17) is 0 Å². The van der Waals surface area contributed by atoms with Crippen molar-refractivity contribution in [3.8, 4) is 0 Å². The molecule has 0 rings (SSSR count). The summed E-state index contributed by atoms with van der Waals surface area (Å²) in [5.74, 6) is 0. The first kappa shape index (κ1) is 20.7. The van der Waals surface area contributed by atoms with Crippen LogP contribution in [0.2, 0.25) is 0 Å². The van der Waals surface area contributed by atoms with Crippen LogP contribution in [0.3, 0.4) is 0 Å². The van der Waals surface area contributed by atoms with Gasteiger partial charge in [0.2, 0.25) is 0 Å². The third-order valence-corrected chi connectivity index (χ3v) is 5.07. The molecule has 0 spiro atoms. The van der Waals surface area contributed by atoms with Crippen molar-refractivity contribution >= 4 is 0 Å². The number of hydrogen-bond donors (Lipinski definition) is 0. The Balaban J connectivity index is -0.000000720. The van der Waals surface area contributed by atoms with Gasteiger partial charge in [0.05, 0.1) is 0 Å². The van der Waals surface area contributed by atoms with Gasteiger partial charge in [-0.2, -0.15) is 0 Å². The third-order valence-electron chi connectivity index (χ3n) is 0.620. The van der Waals surface area contributed by atoms with E-state index in [0.717, 1.165) is 0 Å². The van der Waals surface area contributed by atoms with Gasteiger partial charge in [-0.25, -0.2) is 0 Å². The first-order chi connectivity index (χ1) is 5.77. The molecule has 0 unspecified atom stereocenters. The van der Waals surface area contributed by atoms with E-state index in [1.165, 1.54) is 0 Å². The van der Waals surface area contributed by atoms with E-state index >= 15 is 0 Å². The normalized spacial score (nSPS) is 10.1. The molecule has 0 N–H and O–H groups in total. The summed E-state index contributed by atoms with van der Waals surface area (Å²) in [5.41, 5.74) is 0. The molecular weight excluding hydrogens is 425 g/mol. The van der Waals surface area contributed by atoms with Gasteiger partial charge >= 0.3 is 131 Å². The van der Waals surface area contributed by atoms with Gasteiger partial charge in [-0.05, 0) is 0 Å². The maximum atomic E-state index is 9.91. The van der Waals surface area contributed by atoms with Gasteiger partial charge in [-0.15, -0.1) is 0 Å². The van der Waals surface area contributed by atoms with Crippen molar-refractivity contribution in [3.63, 3.8) is 0 Å². The molecule has 15 heavy (non-hydrogen) atoms. The van der Waals surface area contributed by atoms with Crippen LogP contribution >= 0.6 is 0 Å². The molecule has 0 aromatic carbocycles. The average Bonchev–Trinajstić information content (AvgIpc) is 1.82. The van der Waals surface area contributed by atoms with Gasteiger partial charge in [-0.3, -0.25) is 0 Å². The minimum atomic E-state index is -6.70. The van der Waals surface area contributed by atoms with Gasteiger partial charge < -0.3 is 0 Å². The van der Waals surface area contributed by atoms with Crippen LogP contribution in [0.4, 0.5) is 0 Å². The second-order valence-corrected chi connectivity index (χ2v) is 7.18. The summed E-state index contributed by atoms with van der Waals surface area (Å²) in [4.78, 5) is 39.6. The molecule has 0 aliphatic carbocycles. The Labute approximate surface area is 129 Å². The monoisotopic (exact) mass is 425 g/mol. The molecule has 15 heteroatoms. The fraction of sp³-hybridized carbons (Fsp3) is 0. The summed E-state index contributed by atoms with van der Waals surface area (Å²) >= 11 is -6.70. The topological polar surface area (TPSA) is 173 Å².